The molecule has 1 heterocycles. The van der Waals surface area contributed by atoms with E-state index in [1.807, 2.05) is 0 Å². The van der Waals surface area contributed by atoms with Crippen molar-refractivity contribution in [3.05, 3.63) is 35.7 Å². The fourth-order valence-electron chi connectivity index (χ4n) is 1.02. The maximum Gasteiger partial charge on any atom is 0.621 e. The van der Waals surface area contributed by atoms with E-state index in [2.05, 4.69) is 40.3 Å². The molecule has 0 radical (unpaired) electrons. The molecule has 8 heteroatoms. The summed E-state index contributed by atoms with van der Waals surface area (Å²) in [5.41, 5.74) is 0. The lowest BCUT2D eigenvalue weighted by molar-refractivity contribution is 0.213. The Morgan fingerprint density at radius 2 is 1.56 bits per heavy atom. The Morgan fingerprint density at radius 1 is 0.938 bits per heavy atom. The Balaban J connectivity index is 0.000000168. The second-order valence-electron chi connectivity index (χ2n) is 2.75. The van der Waals surface area contributed by atoms with Gasteiger partial charge in [0.15, 0.2) is 0 Å². The van der Waals surface area contributed by atoms with Crippen LogP contribution in [-0.2, 0) is 4.57 Å². The lowest BCUT2D eigenvalue weighted by Crippen LogP contribution is -2.28. The lowest BCUT2D eigenvalue weighted by atomic mass is 10.1. The van der Waals surface area contributed by atoms with Crippen LogP contribution in [0.15, 0.2) is 35.7 Å². The minimum Gasteiger partial charge on any atom is -0.402 e. The maximum absolute atomic E-state index is 7.74. The van der Waals surface area contributed by atoms with Crippen molar-refractivity contribution in [2.24, 2.45) is 0 Å². The molecule has 4 N–H and O–H groups in total. The quantitative estimate of drug-likeness (QED) is 0.547. The molecular weight excluding hydrogens is 230 g/mol. The Morgan fingerprint density at radius 3 is 2.06 bits per heavy atom. The van der Waals surface area contributed by atoms with Crippen molar-refractivity contribution in [1.29, 1.82) is 0 Å². The molecule has 0 saturated heterocycles. The summed E-state index contributed by atoms with van der Waals surface area (Å²) >= 11 is 1.79. The molecule has 0 fully saturated rings. The highest BCUT2D eigenvalue weighted by molar-refractivity contribution is 7.17. The molecule has 84 valence electrons. The first-order valence-corrected chi connectivity index (χ1v) is 5.27. The average molecular weight is 240 g/mol. The summed E-state index contributed by atoms with van der Waals surface area (Å²) in [5.74, 6) is 0. The van der Waals surface area contributed by atoms with Gasteiger partial charge in [0.1, 0.15) is 0 Å². The van der Waals surface area contributed by atoms with Crippen LogP contribution in [0.5, 0.6) is 0 Å². The van der Waals surface area contributed by atoms with E-state index in [9.17, 15) is 0 Å². The van der Waals surface area contributed by atoms with Crippen LogP contribution in [-0.4, -0.2) is 34.7 Å². The van der Waals surface area contributed by atoms with Crippen LogP contribution in [0.25, 0.3) is 10.1 Å². The molecule has 0 saturated carbocycles. The zero-order valence-corrected chi connectivity index (χ0v) is 9.04. The zero-order chi connectivity index (χ0) is 12.0. The molecule has 16 heavy (non-hydrogen) atoms. The van der Waals surface area contributed by atoms with E-state index in [0.717, 1.165) is 0 Å². The molecule has 2 aromatic rings. The summed E-state index contributed by atoms with van der Waals surface area (Å²) in [4.78, 5) is 0. The van der Waals surface area contributed by atoms with Crippen LogP contribution in [0.4, 0.5) is 0 Å². The van der Waals surface area contributed by atoms with E-state index in [1.54, 1.807) is 11.3 Å². The summed E-state index contributed by atoms with van der Waals surface area (Å²) < 4.78 is 4.84. The van der Waals surface area contributed by atoms with Crippen molar-refractivity contribution in [2.45, 2.75) is 0 Å². The van der Waals surface area contributed by atoms with Gasteiger partial charge in [-0.05, 0) is 22.9 Å². The molecule has 0 amide bonds. The normalized spacial score (nSPS) is 9.50. The van der Waals surface area contributed by atoms with Crippen molar-refractivity contribution < 1.29 is 24.7 Å². The second-order valence-corrected chi connectivity index (χ2v) is 3.69. The molecule has 1 aromatic carbocycles. The van der Waals surface area contributed by atoms with Gasteiger partial charge in [-0.2, -0.15) is 0 Å². The van der Waals surface area contributed by atoms with Gasteiger partial charge in [-0.25, -0.2) is 0 Å². The van der Waals surface area contributed by atoms with Gasteiger partial charge < -0.3 is 24.7 Å². The molecule has 0 unspecified atom stereocenters. The Hall–Kier alpha value is -0.890. The van der Waals surface area contributed by atoms with Crippen LogP contribution in [0.1, 0.15) is 0 Å². The SMILES string of the molecule is OB(O)OB(O)O.c1ccc2sccc2c1. The number of rotatable bonds is 2. The monoisotopic (exact) mass is 240 g/mol. The van der Waals surface area contributed by atoms with Gasteiger partial charge >= 0.3 is 14.6 Å². The number of thiophene rings is 1. The van der Waals surface area contributed by atoms with Crippen molar-refractivity contribution >= 4 is 36.1 Å². The van der Waals surface area contributed by atoms with Gasteiger partial charge in [-0.15, -0.1) is 11.3 Å². The highest BCUT2D eigenvalue weighted by Gasteiger charge is 2.18. The van der Waals surface area contributed by atoms with Gasteiger partial charge in [0.2, 0.25) is 0 Å². The smallest absolute Gasteiger partial charge is 0.402 e. The van der Waals surface area contributed by atoms with Crippen molar-refractivity contribution in [2.75, 3.05) is 0 Å². The Kier molecular flexibility index (Phi) is 5.47. The van der Waals surface area contributed by atoms with Gasteiger partial charge in [-0.3, -0.25) is 0 Å². The first-order chi connectivity index (χ1) is 7.59. The molecule has 2 rings (SSSR count). The molecule has 0 spiro atoms. The Bertz CT molecular complexity index is 383. The van der Waals surface area contributed by atoms with Crippen LogP contribution < -0.4 is 0 Å². The fraction of sp³-hybridized carbons (Fsp3) is 0. The molecule has 1 aromatic heterocycles. The standard InChI is InChI=1S/C8H6S.B2H4O5/c1-2-4-8-7(3-1)5-6-9-8;3-1(4)7-2(5)6/h1-6H;3-6H. The van der Waals surface area contributed by atoms with E-state index in [0.29, 0.717) is 0 Å². The number of hydrogen-bond acceptors (Lipinski definition) is 6. The van der Waals surface area contributed by atoms with Crippen LogP contribution >= 0.6 is 11.3 Å². The third kappa shape index (κ3) is 4.75. The maximum atomic E-state index is 7.74. The third-order valence-electron chi connectivity index (χ3n) is 1.61. The summed E-state index contributed by atoms with van der Waals surface area (Å²) in [5, 5.41) is 34.4. The summed E-state index contributed by atoms with van der Waals surface area (Å²) in [7, 11) is -4.25. The molecule has 5 nitrogen and oxygen atoms in total. The molecule has 0 aliphatic carbocycles. The van der Waals surface area contributed by atoms with Crippen molar-refractivity contribution in [3.63, 3.8) is 0 Å². The van der Waals surface area contributed by atoms with E-state index in [-0.39, 0.29) is 0 Å². The molecule has 0 aliphatic rings. The average Bonchev–Trinajstić information content (AvgIpc) is 2.63. The second kappa shape index (κ2) is 6.64. The number of fused-ring (bicyclic) bond motifs is 1. The van der Waals surface area contributed by atoms with Gasteiger partial charge in [0.25, 0.3) is 0 Å². The summed E-state index contributed by atoms with van der Waals surface area (Å²) in [6, 6.07) is 10.5. The van der Waals surface area contributed by atoms with E-state index < -0.39 is 14.6 Å². The summed E-state index contributed by atoms with van der Waals surface area (Å²) in [6.45, 7) is 0. The summed E-state index contributed by atoms with van der Waals surface area (Å²) in [6.07, 6.45) is 0. The predicted molar refractivity (Wildman–Crippen MR) is 63.3 cm³/mol. The third-order valence-corrected chi connectivity index (χ3v) is 2.50. The topological polar surface area (TPSA) is 90.2 Å². The van der Waals surface area contributed by atoms with Gasteiger partial charge in [0, 0.05) is 4.70 Å². The highest BCUT2D eigenvalue weighted by atomic mass is 32.1. The van der Waals surface area contributed by atoms with E-state index >= 15 is 0 Å². The van der Waals surface area contributed by atoms with E-state index in [1.165, 1.54) is 10.1 Å². The Labute approximate surface area is 96.9 Å². The fourth-order valence-corrected chi connectivity index (χ4v) is 1.81. The predicted octanol–water partition coefficient (Wildman–Crippen LogP) is -0.157. The largest absolute Gasteiger partial charge is 0.621 e. The highest BCUT2D eigenvalue weighted by Crippen LogP contribution is 2.18. The molecule has 0 aliphatic heterocycles. The molecular formula is C8H10B2O5S. The van der Waals surface area contributed by atoms with Crippen LogP contribution in [0, 0.1) is 0 Å². The van der Waals surface area contributed by atoms with Gasteiger partial charge in [0.05, 0.1) is 0 Å². The minimum atomic E-state index is -2.13. The van der Waals surface area contributed by atoms with Gasteiger partial charge in [-0.1, -0.05) is 18.2 Å². The minimum absolute atomic E-state index is 1.35. The van der Waals surface area contributed by atoms with Crippen molar-refractivity contribution in [3.8, 4) is 0 Å². The zero-order valence-electron chi connectivity index (χ0n) is 8.22. The lowest BCUT2D eigenvalue weighted by Gasteiger charge is -1.95. The van der Waals surface area contributed by atoms with E-state index in [4.69, 9.17) is 20.1 Å². The molecule has 0 atom stereocenters. The van der Waals surface area contributed by atoms with Crippen molar-refractivity contribution in [1.82, 2.24) is 0 Å². The number of hydrogen-bond donors (Lipinski definition) is 4. The first-order valence-electron chi connectivity index (χ1n) is 4.39. The van der Waals surface area contributed by atoms with Crippen LogP contribution in [0.3, 0.4) is 0 Å². The van der Waals surface area contributed by atoms with Crippen LogP contribution in [0.2, 0.25) is 0 Å². The molecule has 0 bridgehead atoms. The first kappa shape index (κ1) is 13.2. The number of benzene rings is 1.